The van der Waals surface area contributed by atoms with Gasteiger partial charge in [-0.1, -0.05) is 18.1 Å². The number of amides is 1. The first-order chi connectivity index (χ1) is 9.40. The van der Waals surface area contributed by atoms with Crippen LogP contribution in [0.3, 0.4) is 0 Å². The first-order valence-corrected chi connectivity index (χ1v) is 6.29. The molecule has 0 heterocycles. The number of alkyl halides is 3. The molecule has 2 nitrogen and oxygen atoms in total. The third-order valence-corrected chi connectivity index (χ3v) is 3.26. The van der Waals surface area contributed by atoms with E-state index in [-0.39, 0.29) is 17.9 Å². The largest absolute Gasteiger partial charge is 0.416 e. The minimum Gasteiger partial charge on any atom is -0.342 e. The van der Waals surface area contributed by atoms with Crippen molar-refractivity contribution in [1.82, 2.24) is 5.32 Å². The van der Waals surface area contributed by atoms with Crippen molar-refractivity contribution in [2.45, 2.75) is 32.0 Å². The lowest BCUT2D eigenvalue weighted by atomic mass is 10.1. The van der Waals surface area contributed by atoms with Crippen molar-refractivity contribution in [3.05, 3.63) is 35.4 Å². The van der Waals surface area contributed by atoms with E-state index in [0.29, 0.717) is 6.42 Å². The summed E-state index contributed by atoms with van der Waals surface area (Å²) in [4.78, 5) is 11.2. The van der Waals surface area contributed by atoms with Gasteiger partial charge in [-0.2, -0.15) is 13.2 Å². The SMILES string of the molecule is CC#CC(=O)N[C@H]1C[C@@H]1Cc1ccc(C(F)(F)F)cc1. The molecular formula is C15H14F3NO. The zero-order valence-corrected chi connectivity index (χ0v) is 10.9. The highest BCUT2D eigenvalue weighted by atomic mass is 19.4. The van der Waals surface area contributed by atoms with Crippen LogP contribution >= 0.6 is 0 Å². The Bertz CT molecular complexity index is 551. The Morgan fingerprint density at radius 1 is 1.35 bits per heavy atom. The Morgan fingerprint density at radius 2 is 2.00 bits per heavy atom. The van der Waals surface area contributed by atoms with Gasteiger partial charge in [0.15, 0.2) is 0 Å². The predicted molar refractivity (Wildman–Crippen MR) is 68.6 cm³/mol. The van der Waals surface area contributed by atoms with Gasteiger partial charge in [0, 0.05) is 6.04 Å². The van der Waals surface area contributed by atoms with Gasteiger partial charge >= 0.3 is 6.18 Å². The number of carbonyl (C=O) groups excluding carboxylic acids is 1. The van der Waals surface area contributed by atoms with E-state index in [4.69, 9.17) is 0 Å². The molecule has 1 aliphatic rings. The van der Waals surface area contributed by atoms with Crippen LogP contribution in [0.5, 0.6) is 0 Å². The maximum absolute atomic E-state index is 12.4. The highest BCUT2D eigenvalue weighted by Crippen LogP contribution is 2.35. The summed E-state index contributed by atoms with van der Waals surface area (Å²) in [5.74, 6) is 4.90. The quantitative estimate of drug-likeness (QED) is 0.848. The molecular weight excluding hydrogens is 267 g/mol. The molecule has 0 unspecified atom stereocenters. The molecule has 1 amide bonds. The molecule has 106 valence electrons. The van der Waals surface area contributed by atoms with E-state index in [2.05, 4.69) is 17.2 Å². The van der Waals surface area contributed by atoms with E-state index in [9.17, 15) is 18.0 Å². The van der Waals surface area contributed by atoms with Gasteiger partial charge < -0.3 is 5.32 Å². The van der Waals surface area contributed by atoms with Gasteiger partial charge in [-0.25, -0.2) is 0 Å². The number of nitrogens with one attached hydrogen (secondary N) is 1. The minimum absolute atomic E-state index is 0.0886. The van der Waals surface area contributed by atoms with Crippen LogP contribution in [0.2, 0.25) is 0 Å². The van der Waals surface area contributed by atoms with Crippen LogP contribution in [-0.4, -0.2) is 11.9 Å². The van der Waals surface area contributed by atoms with Crippen LogP contribution in [0.1, 0.15) is 24.5 Å². The van der Waals surface area contributed by atoms with Gasteiger partial charge in [0.1, 0.15) is 0 Å². The zero-order valence-electron chi connectivity index (χ0n) is 10.9. The second-order valence-corrected chi connectivity index (χ2v) is 4.85. The monoisotopic (exact) mass is 281 g/mol. The van der Waals surface area contributed by atoms with Crippen molar-refractivity contribution in [3.63, 3.8) is 0 Å². The molecule has 1 fully saturated rings. The lowest BCUT2D eigenvalue weighted by Gasteiger charge is -2.07. The third-order valence-electron chi connectivity index (χ3n) is 3.26. The molecule has 2 atom stereocenters. The maximum atomic E-state index is 12.4. The summed E-state index contributed by atoms with van der Waals surface area (Å²) in [5.41, 5.74) is 0.210. The molecule has 0 saturated heterocycles. The molecule has 1 saturated carbocycles. The molecule has 0 spiro atoms. The van der Waals surface area contributed by atoms with Crippen molar-refractivity contribution in [2.24, 2.45) is 5.92 Å². The van der Waals surface area contributed by atoms with Crippen molar-refractivity contribution in [1.29, 1.82) is 0 Å². The Kier molecular flexibility index (Phi) is 4.03. The average molecular weight is 281 g/mol. The van der Waals surface area contributed by atoms with Crippen molar-refractivity contribution < 1.29 is 18.0 Å². The Hall–Kier alpha value is -1.96. The topological polar surface area (TPSA) is 29.1 Å². The standard InChI is InChI=1S/C15H14F3NO/c1-2-3-14(20)19-13-9-11(13)8-10-4-6-12(7-5-10)15(16,17)18/h4-7,11,13H,8-9H2,1H3,(H,19,20)/t11-,13-/m0/s1. The number of benzene rings is 1. The lowest BCUT2D eigenvalue weighted by molar-refractivity contribution is -0.137. The molecule has 0 aliphatic heterocycles. The fourth-order valence-corrected chi connectivity index (χ4v) is 2.10. The number of halogens is 3. The summed E-state index contributed by atoms with van der Waals surface area (Å²) in [7, 11) is 0. The molecule has 1 aromatic rings. The second kappa shape index (κ2) is 5.58. The molecule has 1 N–H and O–H groups in total. The van der Waals surface area contributed by atoms with Crippen molar-refractivity contribution in [3.8, 4) is 11.8 Å². The van der Waals surface area contributed by atoms with E-state index in [1.54, 1.807) is 6.92 Å². The second-order valence-electron chi connectivity index (χ2n) is 4.85. The van der Waals surface area contributed by atoms with E-state index in [0.717, 1.165) is 24.1 Å². The van der Waals surface area contributed by atoms with E-state index >= 15 is 0 Å². The summed E-state index contributed by atoms with van der Waals surface area (Å²) in [6.07, 6.45) is -2.78. The van der Waals surface area contributed by atoms with Gasteiger partial charge in [0.05, 0.1) is 5.56 Å². The average Bonchev–Trinajstić information content (AvgIpc) is 3.06. The fourth-order valence-electron chi connectivity index (χ4n) is 2.10. The maximum Gasteiger partial charge on any atom is 0.416 e. The van der Waals surface area contributed by atoms with Gasteiger partial charge in [-0.15, -0.1) is 0 Å². The summed E-state index contributed by atoms with van der Waals surface area (Å²) in [6.45, 7) is 1.59. The van der Waals surface area contributed by atoms with Gasteiger partial charge in [-0.05, 0) is 49.3 Å². The van der Waals surface area contributed by atoms with E-state index in [1.165, 1.54) is 12.1 Å². The lowest BCUT2D eigenvalue weighted by Crippen LogP contribution is -2.25. The van der Waals surface area contributed by atoms with E-state index in [1.807, 2.05) is 0 Å². The highest BCUT2D eigenvalue weighted by Gasteiger charge is 2.38. The summed E-state index contributed by atoms with van der Waals surface area (Å²) in [6, 6.07) is 5.25. The smallest absolute Gasteiger partial charge is 0.342 e. The van der Waals surface area contributed by atoms with Gasteiger partial charge in [0.25, 0.3) is 5.91 Å². The summed E-state index contributed by atoms with van der Waals surface area (Å²) >= 11 is 0. The Labute approximate surface area is 115 Å². The van der Waals surface area contributed by atoms with Gasteiger partial charge in [0.2, 0.25) is 0 Å². The fraction of sp³-hybridized carbons (Fsp3) is 0.400. The van der Waals surface area contributed by atoms with Crippen LogP contribution in [0.15, 0.2) is 24.3 Å². The van der Waals surface area contributed by atoms with Gasteiger partial charge in [-0.3, -0.25) is 4.79 Å². The van der Waals surface area contributed by atoms with Crippen molar-refractivity contribution in [2.75, 3.05) is 0 Å². The number of hydrogen-bond acceptors (Lipinski definition) is 1. The van der Waals surface area contributed by atoms with Crippen LogP contribution < -0.4 is 5.32 Å². The van der Waals surface area contributed by atoms with E-state index < -0.39 is 11.7 Å². The molecule has 0 bridgehead atoms. The van der Waals surface area contributed by atoms with Crippen LogP contribution in [0.25, 0.3) is 0 Å². The van der Waals surface area contributed by atoms with Crippen molar-refractivity contribution >= 4 is 5.91 Å². The number of carbonyl (C=O) groups is 1. The molecule has 1 aromatic carbocycles. The molecule has 0 radical (unpaired) electrons. The third kappa shape index (κ3) is 3.77. The van der Waals surface area contributed by atoms with Crippen LogP contribution in [-0.2, 0) is 17.4 Å². The first kappa shape index (κ1) is 14.4. The van der Waals surface area contributed by atoms with Crippen LogP contribution in [0, 0.1) is 17.8 Å². The molecule has 2 rings (SSSR count). The molecule has 1 aliphatic carbocycles. The first-order valence-electron chi connectivity index (χ1n) is 6.29. The number of hydrogen-bond donors (Lipinski definition) is 1. The highest BCUT2D eigenvalue weighted by molar-refractivity contribution is 5.93. The summed E-state index contributed by atoms with van der Waals surface area (Å²) in [5, 5.41) is 2.77. The predicted octanol–water partition coefficient (Wildman–Crippen LogP) is 2.78. The molecule has 20 heavy (non-hydrogen) atoms. The molecule has 0 aromatic heterocycles. The Balaban J connectivity index is 1.86. The normalized spacial score (nSPS) is 20.8. The minimum atomic E-state index is -4.30. The van der Waals surface area contributed by atoms with Crippen LogP contribution in [0.4, 0.5) is 13.2 Å². The number of rotatable bonds is 3. The zero-order chi connectivity index (χ0) is 14.8. The summed E-state index contributed by atoms with van der Waals surface area (Å²) < 4.78 is 37.2. The Morgan fingerprint density at radius 3 is 2.55 bits per heavy atom. The molecule has 5 heteroatoms.